The first-order chi connectivity index (χ1) is 8.84. The van der Waals surface area contributed by atoms with Gasteiger partial charge in [0.05, 0.1) is 5.69 Å². The van der Waals surface area contributed by atoms with Gasteiger partial charge in [0.1, 0.15) is 5.82 Å². The van der Waals surface area contributed by atoms with Crippen molar-refractivity contribution in [1.82, 2.24) is 9.78 Å². The fourth-order valence-corrected chi connectivity index (χ4v) is 2.29. The molecule has 0 fully saturated rings. The van der Waals surface area contributed by atoms with Gasteiger partial charge in [0.15, 0.2) is 0 Å². The summed E-state index contributed by atoms with van der Waals surface area (Å²) in [7, 11) is 1.89. The Bertz CT molecular complexity index is 571. The Morgan fingerprint density at radius 1 is 1.16 bits per heavy atom. The van der Waals surface area contributed by atoms with Gasteiger partial charge in [0, 0.05) is 18.2 Å². The topological polar surface area (TPSA) is 43.8 Å². The van der Waals surface area contributed by atoms with E-state index in [4.69, 9.17) is 5.73 Å². The molecule has 2 aromatic rings. The van der Waals surface area contributed by atoms with Crippen LogP contribution in [0.1, 0.15) is 38.8 Å². The predicted octanol–water partition coefficient (Wildman–Crippen LogP) is 3.53. The van der Waals surface area contributed by atoms with E-state index >= 15 is 0 Å². The molecule has 0 amide bonds. The molecular formula is C16H23N3. The van der Waals surface area contributed by atoms with Gasteiger partial charge in [-0.1, -0.05) is 52.0 Å². The van der Waals surface area contributed by atoms with Gasteiger partial charge in [-0.15, -0.1) is 0 Å². The molecule has 3 heteroatoms. The van der Waals surface area contributed by atoms with Crippen LogP contribution >= 0.6 is 0 Å². The van der Waals surface area contributed by atoms with Crippen molar-refractivity contribution in [2.24, 2.45) is 7.05 Å². The summed E-state index contributed by atoms with van der Waals surface area (Å²) in [6.45, 7) is 8.77. The molecule has 1 aromatic carbocycles. The monoisotopic (exact) mass is 257 g/mol. The summed E-state index contributed by atoms with van der Waals surface area (Å²) in [6, 6.07) is 8.64. The van der Waals surface area contributed by atoms with E-state index in [9.17, 15) is 0 Å². The summed E-state index contributed by atoms with van der Waals surface area (Å²) in [4.78, 5) is 0. The third kappa shape index (κ3) is 2.50. The van der Waals surface area contributed by atoms with Gasteiger partial charge in [-0.2, -0.15) is 5.10 Å². The lowest BCUT2D eigenvalue weighted by Crippen LogP contribution is -2.10. The molecule has 0 aliphatic carbocycles. The number of hydrogen-bond acceptors (Lipinski definition) is 2. The van der Waals surface area contributed by atoms with Crippen LogP contribution in [0.25, 0.3) is 11.3 Å². The van der Waals surface area contributed by atoms with Crippen LogP contribution in [0.2, 0.25) is 0 Å². The molecule has 1 heterocycles. The third-order valence-corrected chi connectivity index (χ3v) is 3.57. The molecule has 0 aliphatic rings. The van der Waals surface area contributed by atoms with Gasteiger partial charge < -0.3 is 5.73 Å². The van der Waals surface area contributed by atoms with E-state index < -0.39 is 0 Å². The molecule has 0 saturated heterocycles. The van der Waals surface area contributed by atoms with Gasteiger partial charge in [-0.05, 0) is 17.4 Å². The van der Waals surface area contributed by atoms with Crippen molar-refractivity contribution in [2.75, 3.05) is 5.73 Å². The van der Waals surface area contributed by atoms with Crippen LogP contribution in [0.3, 0.4) is 0 Å². The smallest absolute Gasteiger partial charge is 0.125 e. The normalized spacial score (nSPS) is 11.8. The fraction of sp³-hybridized carbons (Fsp3) is 0.438. The summed E-state index contributed by atoms with van der Waals surface area (Å²) >= 11 is 0. The first-order valence-corrected chi connectivity index (χ1v) is 6.77. The Balaban J connectivity index is 2.46. The molecule has 0 radical (unpaired) electrons. The molecule has 19 heavy (non-hydrogen) atoms. The quantitative estimate of drug-likeness (QED) is 0.894. The molecule has 0 spiro atoms. The number of hydrogen-bond donors (Lipinski definition) is 1. The van der Waals surface area contributed by atoms with E-state index in [1.165, 1.54) is 5.56 Å². The summed E-state index contributed by atoms with van der Waals surface area (Å²) in [5.74, 6) is 0.761. The van der Waals surface area contributed by atoms with Crippen molar-refractivity contribution in [3.05, 3.63) is 35.4 Å². The van der Waals surface area contributed by atoms with E-state index in [0.29, 0.717) is 0 Å². The van der Waals surface area contributed by atoms with Crippen LogP contribution in [-0.4, -0.2) is 9.78 Å². The van der Waals surface area contributed by atoms with Crippen molar-refractivity contribution in [2.45, 2.75) is 39.5 Å². The molecular weight excluding hydrogens is 234 g/mol. The maximum atomic E-state index is 6.05. The Labute approximate surface area is 115 Å². The molecule has 3 nitrogen and oxygen atoms in total. The summed E-state index contributed by atoms with van der Waals surface area (Å²) in [6.07, 6.45) is 0.899. The number of nitrogens with zero attached hydrogens (tertiary/aromatic N) is 2. The predicted molar refractivity (Wildman–Crippen MR) is 81.1 cm³/mol. The lowest BCUT2D eigenvalue weighted by molar-refractivity contribution is 0.590. The lowest BCUT2D eigenvalue weighted by atomic mass is 9.86. The van der Waals surface area contributed by atoms with E-state index in [1.54, 1.807) is 4.68 Å². The van der Waals surface area contributed by atoms with E-state index in [-0.39, 0.29) is 5.41 Å². The number of anilines is 1. The highest BCUT2D eigenvalue weighted by Gasteiger charge is 2.16. The fourth-order valence-electron chi connectivity index (χ4n) is 2.29. The van der Waals surface area contributed by atoms with Crippen molar-refractivity contribution < 1.29 is 0 Å². The van der Waals surface area contributed by atoms with Crippen LogP contribution in [0, 0.1) is 0 Å². The standard InChI is InChI=1S/C16H23N3/c1-6-13-14(18-19(5)15(13)17)11-7-9-12(10-8-11)16(2,3)4/h7-10H,6,17H2,1-5H3. The zero-order chi connectivity index (χ0) is 14.2. The molecule has 102 valence electrons. The molecule has 0 bridgehead atoms. The zero-order valence-electron chi connectivity index (χ0n) is 12.5. The molecule has 2 rings (SSSR count). The van der Waals surface area contributed by atoms with Crippen LogP contribution < -0.4 is 5.73 Å². The number of aryl methyl sites for hydroxylation is 1. The highest BCUT2D eigenvalue weighted by Crippen LogP contribution is 2.29. The average molecular weight is 257 g/mol. The summed E-state index contributed by atoms with van der Waals surface area (Å²) < 4.78 is 1.76. The van der Waals surface area contributed by atoms with Crippen LogP contribution in [0.5, 0.6) is 0 Å². The SMILES string of the molecule is CCc1c(-c2ccc(C(C)(C)C)cc2)nn(C)c1N. The molecule has 0 aliphatic heterocycles. The Morgan fingerprint density at radius 2 is 1.74 bits per heavy atom. The zero-order valence-corrected chi connectivity index (χ0v) is 12.5. The van der Waals surface area contributed by atoms with Gasteiger partial charge in [0.2, 0.25) is 0 Å². The van der Waals surface area contributed by atoms with Crippen LogP contribution in [0.15, 0.2) is 24.3 Å². The minimum Gasteiger partial charge on any atom is -0.384 e. The van der Waals surface area contributed by atoms with E-state index in [1.807, 2.05) is 7.05 Å². The summed E-state index contributed by atoms with van der Waals surface area (Å²) in [5.41, 5.74) is 10.8. The third-order valence-electron chi connectivity index (χ3n) is 3.57. The second-order valence-electron chi connectivity index (χ2n) is 6.02. The second kappa shape index (κ2) is 4.72. The first-order valence-electron chi connectivity index (χ1n) is 6.77. The van der Waals surface area contributed by atoms with Crippen molar-refractivity contribution in [1.29, 1.82) is 0 Å². The van der Waals surface area contributed by atoms with E-state index in [2.05, 4.69) is 57.1 Å². The van der Waals surface area contributed by atoms with Crippen LogP contribution in [0.4, 0.5) is 5.82 Å². The highest BCUT2D eigenvalue weighted by atomic mass is 15.3. The van der Waals surface area contributed by atoms with Crippen LogP contribution in [-0.2, 0) is 18.9 Å². The Morgan fingerprint density at radius 3 is 2.21 bits per heavy atom. The largest absolute Gasteiger partial charge is 0.384 e. The number of aromatic nitrogens is 2. The number of benzene rings is 1. The van der Waals surface area contributed by atoms with E-state index in [0.717, 1.165) is 29.1 Å². The van der Waals surface area contributed by atoms with Crippen molar-refractivity contribution in [3.63, 3.8) is 0 Å². The molecule has 0 unspecified atom stereocenters. The van der Waals surface area contributed by atoms with Gasteiger partial charge in [-0.3, -0.25) is 4.68 Å². The number of nitrogen functional groups attached to an aromatic ring is 1. The molecule has 1 aromatic heterocycles. The Kier molecular flexibility index (Phi) is 3.40. The summed E-state index contributed by atoms with van der Waals surface area (Å²) in [5, 5.41) is 4.53. The minimum atomic E-state index is 0.176. The number of nitrogens with two attached hydrogens (primary N) is 1. The maximum Gasteiger partial charge on any atom is 0.125 e. The molecule has 0 atom stereocenters. The number of rotatable bonds is 2. The second-order valence-corrected chi connectivity index (χ2v) is 6.02. The molecule has 0 saturated carbocycles. The highest BCUT2D eigenvalue weighted by molar-refractivity contribution is 5.68. The van der Waals surface area contributed by atoms with Crippen molar-refractivity contribution in [3.8, 4) is 11.3 Å². The lowest BCUT2D eigenvalue weighted by Gasteiger charge is -2.19. The van der Waals surface area contributed by atoms with Gasteiger partial charge in [0.25, 0.3) is 0 Å². The minimum absolute atomic E-state index is 0.176. The maximum absolute atomic E-state index is 6.05. The Hall–Kier alpha value is -1.77. The van der Waals surface area contributed by atoms with Gasteiger partial charge >= 0.3 is 0 Å². The van der Waals surface area contributed by atoms with Crippen molar-refractivity contribution >= 4 is 5.82 Å². The average Bonchev–Trinajstić information content (AvgIpc) is 2.64. The molecule has 2 N–H and O–H groups in total. The van der Waals surface area contributed by atoms with Gasteiger partial charge in [-0.25, -0.2) is 0 Å². The first kappa shape index (κ1) is 13.7.